The SMILES string of the molecule is CCN(CC)S(=O)(=O)c1ccc(C(C)NC(=O)C(N)COC)cc1.Cl. The summed E-state index contributed by atoms with van der Waals surface area (Å²) < 4.78 is 31.1. The van der Waals surface area contributed by atoms with Crippen LogP contribution in [-0.2, 0) is 19.6 Å². The zero-order chi connectivity index (χ0) is 18.3. The van der Waals surface area contributed by atoms with Crippen LogP contribution in [0.1, 0.15) is 32.4 Å². The van der Waals surface area contributed by atoms with E-state index in [1.165, 1.54) is 11.4 Å². The van der Waals surface area contributed by atoms with Crippen molar-refractivity contribution in [2.75, 3.05) is 26.8 Å². The Bertz CT molecular complexity index is 633. The zero-order valence-electron chi connectivity index (χ0n) is 15.1. The molecule has 9 heteroatoms. The third kappa shape index (κ3) is 6.23. The molecule has 1 aromatic rings. The predicted octanol–water partition coefficient (Wildman–Crippen LogP) is 1.29. The summed E-state index contributed by atoms with van der Waals surface area (Å²) in [5.41, 5.74) is 6.47. The van der Waals surface area contributed by atoms with Gasteiger partial charge in [0.2, 0.25) is 15.9 Å². The minimum Gasteiger partial charge on any atom is -0.383 e. The number of halogens is 1. The standard InChI is InChI=1S/C16H27N3O4S.ClH/c1-5-19(6-2)24(21,22)14-9-7-13(8-10-14)12(3)18-16(20)15(17)11-23-4;/h7-10,12,15H,5-6,11,17H2,1-4H3,(H,18,20);1H. The molecule has 3 N–H and O–H groups in total. The van der Waals surface area contributed by atoms with Crippen molar-refractivity contribution < 1.29 is 17.9 Å². The van der Waals surface area contributed by atoms with Gasteiger partial charge in [-0.3, -0.25) is 4.79 Å². The number of rotatable bonds is 9. The van der Waals surface area contributed by atoms with Gasteiger partial charge >= 0.3 is 0 Å². The van der Waals surface area contributed by atoms with Gasteiger partial charge in [-0.15, -0.1) is 12.4 Å². The number of benzene rings is 1. The van der Waals surface area contributed by atoms with E-state index in [9.17, 15) is 13.2 Å². The summed E-state index contributed by atoms with van der Waals surface area (Å²) in [7, 11) is -2.00. The topological polar surface area (TPSA) is 102 Å². The first-order valence-electron chi connectivity index (χ1n) is 7.92. The molecule has 1 amide bonds. The van der Waals surface area contributed by atoms with Crippen LogP contribution in [0.4, 0.5) is 0 Å². The lowest BCUT2D eigenvalue weighted by atomic mass is 10.1. The highest BCUT2D eigenvalue weighted by Crippen LogP contribution is 2.19. The second kappa shape index (κ2) is 10.7. The van der Waals surface area contributed by atoms with Crippen LogP contribution in [0.3, 0.4) is 0 Å². The van der Waals surface area contributed by atoms with Crippen LogP contribution in [-0.4, -0.2) is 51.5 Å². The molecule has 0 aliphatic rings. The minimum atomic E-state index is -3.48. The number of hydrogen-bond acceptors (Lipinski definition) is 5. The number of carbonyl (C=O) groups is 1. The average molecular weight is 394 g/mol. The quantitative estimate of drug-likeness (QED) is 0.658. The summed E-state index contributed by atoms with van der Waals surface area (Å²) in [4.78, 5) is 12.1. The Labute approximate surface area is 156 Å². The van der Waals surface area contributed by atoms with Crippen LogP contribution in [0.2, 0.25) is 0 Å². The average Bonchev–Trinajstić information content (AvgIpc) is 2.56. The molecule has 144 valence electrons. The van der Waals surface area contributed by atoms with Crippen molar-refractivity contribution in [3.8, 4) is 0 Å². The van der Waals surface area contributed by atoms with Gasteiger partial charge in [-0.1, -0.05) is 26.0 Å². The molecule has 0 aromatic heterocycles. The van der Waals surface area contributed by atoms with E-state index in [4.69, 9.17) is 10.5 Å². The number of hydrogen-bond donors (Lipinski definition) is 2. The van der Waals surface area contributed by atoms with Crippen molar-refractivity contribution >= 4 is 28.3 Å². The molecule has 0 aliphatic carbocycles. The zero-order valence-corrected chi connectivity index (χ0v) is 16.7. The van der Waals surface area contributed by atoms with Crippen LogP contribution in [0.15, 0.2) is 29.2 Å². The molecule has 1 rings (SSSR count). The van der Waals surface area contributed by atoms with Gasteiger partial charge in [0, 0.05) is 20.2 Å². The van der Waals surface area contributed by atoms with E-state index in [-0.39, 0.29) is 35.9 Å². The highest BCUT2D eigenvalue weighted by Gasteiger charge is 2.22. The Morgan fingerprint density at radius 1 is 1.24 bits per heavy atom. The third-order valence-corrected chi connectivity index (χ3v) is 5.83. The molecular weight excluding hydrogens is 366 g/mol. The molecule has 0 fully saturated rings. The lowest BCUT2D eigenvalue weighted by Crippen LogP contribution is -2.44. The summed E-state index contributed by atoms with van der Waals surface area (Å²) >= 11 is 0. The molecule has 0 heterocycles. The monoisotopic (exact) mass is 393 g/mol. The maximum Gasteiger partial charge on any atom is 0.243 e. The van der Waals surface area contributed by atoms with Crippen molar-refractivity contribution in [1.29, 1.82) is 0 Å². The fourth-order valence-corrected chi connectivity index (χ4v) is 3.76. The van der Waals surface area contributed by atoms with Crippen molar-refractivity contribution in [2.24, 2.45) is 5.73 Å². The van der Waals surface area contributed by atoms with E-state index >= 15 is 0 Å². The molecule has 2 unspecified atom stereocenters. The van der Waals surface area contributed by atoms with E-state index < -0.39 is 16.1 Å². The number of carbonyl (C=O) groups excluding carboxylic acids is 1. The van der Waals surface area contributed by atoms with Crippen molar-refractivity contribution in [2.45, 2.75) is 37.8 Å². The van der Waals surface area contributed by atoms with Gasteiger partial charge in [0.15, 0.2) is 0 Å². The number of methoxy groups -OCH3 is 1. The van der Waals surface area contributed by atoms with Crippen LogP contribution >= 0.6 is 12.4 Å². The van der Waals surface area contributed by atoms with Gasteiger partial charge in [0.1, 0.15) is 6.04 Å². The Morgan fingerprint density at radius 3 is 2.20 bits per heavy atom. The summed E-state index contributed by atoms with van der Waals surface area (Å²) in [5, 5.41) is 2.78. The molecule has 0 saturated carbocycles. The first-order valence-corrected chi connectivity index (χ1v) is 9.36. The molecule has 0 saturated heterocycles. The number of nitrogens with two attached hydrogens (primary N) is 1. The summed E-state index contributed by atoms with van der Waals surface area (Å²) in [6.45, 7) is 6.40. The fourth-order valence-electron chi connectivity index (χ4n) is 2.30. The number of nitrogens with one attached hydrogen (secondary N) is 1. The summed E-state index contributed by atoms with van der Waals surface area (Å²) in [6.07, 6.45) is 0. The largest absolute Gasteiger partial charge is 0.383 e. The molecule has 0 spiro atoms. The fraction of sp³-hybridized carbons (Fsp3) is 0.562. The molecule has 0 bridgehead atoms. The molecule has 25 heavy (non-hydrogen) atoms. The van der Waals surface area contributed by atoms with Gasteiger partial charge < -0.3 is 15.8 Å². The lowest BCUT2D eigenvalue weighted by Gasteiger charge is -2.20. The number of ether oxygens (including phenoxy) is 1. The van der Waals surface area contributed by atoms with Gasteiger partial charge in [-0.05, 0) is 24.6 Å². The number of amides is 1. The first kappa shape index (κ1) is 23.8. The van der Waals surface area contributed by atoms with E-state index in [1.54, 1.807) is 38.1 Å². The Hall–Kier alpha value is -1.19. The molecule has 7 nitrogen and oxygen atoms in total. The maximum atomic E-state index is 12.4. The highest BCUT2D eigenvalue weighted by atomic mass is 35.5. The van der Waals surface area contributed by atoms with Crippen molar-refractivity contribution in [3.63, 3.8) is 0 Å². The normalized spacial score (nSPS) is 13.8. The van der Waals surface area contributed by atoms with E-state index in [0.717, 1.165) is 5.56 Å². The van der Waals surface area contributed by atoms with E-state index in [1.807, 2.05) is 6.92 Å². The van der Waals surface area contributed by atoms with Crippen LogP contribution in [0.5, 0.6) is 0 Å². The Balaban J connectivity index is 0.00000576. The molecule has 1 aromatic carbocycles. The third-order valence-electron chi connectivity index (χ3n) is 3.77. The highest BCUT2D eigenvalue weighted by molar-refractivity contribution is 7.89. The molecule has 2 atom stereocenters. The van der Waals surface area contributed by atoms with Gasteiger partial charge in [0.25, 0.3) is 0 Å². The first-order chi connectivity index (χ1) is 11.3. The summed E-state index contributed by atoms with van der Waals surface area (Å²) in [5.74, 6) is -0.316. The van der Waals surface area contributed by atoms with Gasteiger partial charge in [-0.2, -0.15) is 4.31 Å². The van der Waals surface area contributed by atoms with Crippen LogP contribution < -0.4 is 11.1 Å². The van der Waals surface area contributed by atoms with E-state index in [0.29, 0.717) is 13.1 Å². The predicted molar refractivity (Wildman–Crippen MR) is 100 cm³/mol. The molecule has 0 aliphatic heterocycles. The Morgan fingerprint density at radius 2 is 1.76 bits per heavy atom. The minimum absolute atomic E-state index is 0. The lowest BCUT2D eigenvalue weighted by molar-refractivity contribution is -0.124. The van der Waals surface area contributed by atoms with Crippen LogP contribution in [0, 0.1) is 0 Å². The van der Waals surface area contributed by atoms with Crippen LogP contribution in [0.25, 0.3) is 0 Å². The van der Waals surface area contributed by atoms with Gasteiger partial charge in [0.05, 0.1) is 17.5 Å². The van der Waals surface area contributed by atoms with Crippen molar-refractivity contribution in [3.05, 3.63) is 29.8 Å². The second-order valence-electron chi connectivity index (χ2n) is 5.45. The Kier molecular flexibility index (Phi) is 10.2. The van der Waals surface area contributed by atoms with E-state index in [2.05, 4.69) is 5.32 Å². The maximum absolute atomic E-state index is 12.4. The molecule has 0 radical (unpaired) electrons. The molecular formula is C16H28ClN3O4S. The van der Waals surface area contributed by atoms with Gasteiger partial charge in [-0.25, -0.2) is 8.42 Å². The van der Waals surface area contributed by atoms with Crippen molar-refractivity contribution in [1.82, 2.24) is 9.62 Å². The number of nitrogens with zero attached hydrogens (tertiary/aromatic N) is 1. The summed E-state index contributed by atoms with van der Waals surface area (Å²) in [6, 6.07) is 5.48. The second-order valence-corrected chi connectivity index (χ2v) is 7.39. The smallest absolute Gasteiger partial charge is 0.243 e. The number of sulfonamides is 1.